The Morgan fingerprint density at radius 3 is 2.83 bits per heavy atom. The molecule has 11 heteroatoms. The number of nitrogens with zero attached hydrogens (tertiary/aromatic N) is 4. The summed E-state index contributed by atoms with van der Waals surface area (Å²) in [4.78, 5) is 16.5. The third-order valence-electron chi connectivity index (χ3n) is 3.76. The minimum absolute atomic E-state index is 0.181. The second-order valence-electron chi connectivity index (χ2n) is 5.85. The summed E-state index contributed by atoms with van der Waals surface area (Å²) in [5, 5.41) is 15.2. The second kappa shape index (κ2) is 10.2. The third-order valence-corrected chi connectivity index (χ3v) is 5.94. The molecule has 3 aromatic rings. The number of carbonyl (C=O) groups is 1. The van der Waals surface area contributed by atoms with Gasteiger partial charge in [0.1, 0.15) is 0 Å². The number of methoxy groups -OCH3 is 2. The summed E-state index contributed by atoms with van der Waals surface area (Å²) in [6, 6.07) is 5.35. The lowest BCUT2D eigenvalue weighted by atomic mass is 10.2. The summed E-state index contributed by atoms with van der Waals surface area (Å²) >= 11 is 2.99. The molecule has 0 radical (unpaired) electrons. The first-order chi connectivity index (χ1) is 14.1. The number of carbonyl (C=O) groups excluding carboxylic acids is 1. The molecule has 1 aromatic carbocycles. The number of amides is 1. The molecule has 29 heavy (non-hydrogen) atoms. The fourth-order valence-corrected chi connectivity index (χ4v) is 4.05. The lowest BCUT2D eigenvalue weighted by Crippen LogP contribution is -2.12. The van der Waals surface area contributed by atoms with E-state index in [0.29, 0.717) is 34.8 Å². The number of ether oxygens (including phenoxy) is 2. The minimum Gasteiger partial charge on any atom is -0.493 e. The van der Waals surface area contributed by atoms with E-state index in [4.69, 9.17) is 14.0 Å². The minimum atomic E-state index is -0.181. The van der Waals surface area contributed by atoms with Gasteiger partial charge in [-0.3, -0.25) is 4.79 Å². The van der Waals surface area contributed by atoms with Gasteiger partial charge in [-0.1, -0.05) is 35.2 Å². The average molecular weight is 436 g/mol. The Labute approximate surface area is 176 Å². The molecule has 2 heterocycles. The largest absolute Gasteiger partial charge is 0.493 e. The summed E-state index contributed by atoms with van der Waals surface area (Å²) < 4.78 is 16.6. The summed E-state index contributed by atoms with van der Waals surface area (Å²) in [6.07, 6.45) is 1.58. The zero-order valence-corrected chi connectivity index (χ0v) is 17.9. The van der Waals surface area contributed by atoms with Crippen LogP contribution in [-0.2, 0) is 11.2 Å². The first kappa shape index (κ1) is 21.1. The van der Waals surface area contributed by atoms with Gasteiger partial charge in [-0.25, -0.2) is 0 Å². The highest BCUT2D eigenvalue weighted by molar-refractivity contribution is 8.01. The van der Waals surface area contributed by atoms with Gasteiger partial charge >= 0.3 is 0 Å². The topological polar surface area (TPSA) is 112 Å². The maximum absolute atomic E-state index is 12.1. The summed E-state index contributed by atoms with van der Waals surface area (Å²) in [5.41, 5.74) is 0.730. The van der Waals surface area contributed by atoms with Gasteiger partial charge in [-0.15, -0.1) is 10.2 Å². The van der Waals surface area contributed by atoms with Crippen molar-refractivity contribution in [2.45, 2.75) is 30.5 Å². The number of aryl methyl sites for hydroxylation is 1. The highest BCUT2D eigenvalue weighted by atomic mass is 32.2. The van der Waals surface area contributed by atoms with Crippen molar-refractivity contribution in [2.75, 3.05) is 25.3 Å². The SMILES string of the molecule is CCCSc1nnc(NC(=O)CCc2nc(-c3ccc(OC)c(OC)c3)no2)s1. The smallest absolute Gasteiger partial charge is 0.227 e. The molecular formula is C18H21N5O4S2. The molecule has 9 nitrogen and oxygen atoms in total. The molecule has 0 bridgehead atoms. The normalized spacial score (nSPS) is 10.7. The molecule has 0 saturated heterocycles. The molecule has 3 rings (SSSR count). The quantitative estimate of drug-likeness (QED) is 0.376. The maximum atomic E-state index is 12.1. The van der Waals surface area contributed by atoms with Crippen molar-refractivity contribution in [3.05, 3.63) is 24.1 Å². The van der Waals surface area contributed by atoms with Crippen molar-refractivity contribution in [2.24, 2.45) is 0 Å². The highest BCUT2D eigenvalue weighted by Gasteiger charge is 2.14. The Bertz CT molecular complexity index is 959. The molecule has 1 N–H and O–H groups in total. The lowest BCUT2D eigenvalue weighted by Gasteiger charge is -2.07. The van der Waals surface area contributed by atoms with E-state index >= 15 is 0 Å². The van der Waals surface area contributed by atoms with Crippen LogP contribution in [0.1, 0.15) is 25.7 Å². The van der Waals surface area contributed by atoms with Crippen molar-refractivity contribution in [3.8, 4) is 22.9 Å². The Morgan fingerprint density at radius 1 is 1.24 bits per heavy atom. The predicted octanol–water partition coefficient (Wildman–Crippen LogP) is 3.68. The summed E-state index contributed by atoms with van der Waals surface area (Å²) in [5.74, 6) is 2.78. The third kappa shape index (κ3) is 5.67. The number of aromatic nitrogens is 4. The van der Waals surface area contributed by atoms with E-state index < -0.39 is 0 Å². The molecule has 0 aliphatic rings. The zero-order chi connectivity index (χ0) is 20.6. The molecule has 0 saturated carbocycles. The van der Waals surface area contributed by atoms with Crippen molar-refractivity contribution >= 4 is 34.1 Å². The van der Waals surface area contributed by atoms with E-state index in [9.17, 15) is 4.79 Å². The fourth-order valence-electron chi connectivity index (χ4n) is 2.36. The van der Waals surface area contributed by atoms with Crippen LogP contribution in [0.2, 0.25) is 0 Å². The van der Waals surface area contributed by atoms with Gasteiger partial charge in [-0.05, 0) is 24.6 Å². The number of benzene rings is 1. The van der Waals surface area contributed by atoms with Gasteiger partial charge in [0.2, 0.25) is 22.8 Å². The van der Waals surface area contributed by atoms with Crippen LogP contribution >= 0.6 is 23.1 Å². The van der Waals surface area contributed by atoms with Gasteiger partial charge in [0.05, 0.1) is 14.2 Å². The van der Waals surface area contributed by atoms with Gasteiger partial charge in [0.15, 0.2) is 15.8 Å². The van der Waals surface area contributed by atoms with Crippen LogP contribution in [0.4, 0.5) is 5.13 Å². The standard InChI is InChI=1S/C18H21N5O4S2/c1-4-9-28-18-22-21-17(29-18)19-14(24)7-8-15-20-16(23-27-15)11-5-6-12(25-2)13(10-11)26-3/h5-6,10H,4,7-9H2,1-3H3,(H,19,21,24). The number of nitrogens with one attached hydrogen (secondary N) is 1. The van der Waals surface area contributed by atoms with Gasteiger partial charge in [-0.2, -0.15) is 4.98 Å². The lowest BCUT2D eigenvalue weighted by molar-refractivity contribution is -0.116. The molecule has 0 fully saturated rings. The van der Waals surface area contributed by atoms with Crippen LogP contribution in [-0.4, -0.2) is 46.2 Å². The Morgan fingerprint density at radius 2 is 2.07 bits per heavy atom. The predicted molar refractivity (Wildman–Crippen MR) is 111 cm³/mol. The number of rotatable bonds is 10. The Kier molecular flexibility index (Phi) is 7.42. The van der Waals surface area contributed by atoms with Crippen molar-refractivity contribution < 1.29 is 18.8 Å². The highest BCUT2D eigenvalue weighted by Crippen LogP contribution is 2.31. The molecule has 0 aliphatic heterocycles. The van der Waals surface area contributed by atoms with Gasteiger partial charge in [0.25, 0.3) is 0 Å². The summed E-state index contributed by atoms with van der Waals surface area (Å²) in [6.45, 7) is 2.10. The van der Waals surface area contributed by atoms with Crippen LogP contribution in [0, 0.1) is 0 Å². The number of hydrogen-bond donors (Lipinski definition) is 1. The van der Waals surface area contributed by atoms with E-state index in [0.717, 1.165) is 22.1 Å². The van der Waals surface area contributed by atoms with E-state index in [-0.39, 0.29) is 12.3 Å². The monoisotopic (exact) mass is 435 g/mol. The van der Waals surface area contributed by atoms with E-state index in [2.05, 4.69) is 32.6 Å². The van der Waals surface area contributed by atoms with Crippen LogP contribution in [0.5, 0.6) is 11.5 Å². The molecule has 0 aliphatic carbocycles. The van der Waals surface area contributed by atoms with Gasteiger partial charge < -0.3 is 19.3 Å². The van der Waals surface area contributed by atoms with Crippen molar-refractivity contribution in [1.82, 2.24) is 20.3 Å². The van der Waals surface area contributed by atoms with E-state index in [1.807, 2.05) is 6.07 Å². The molecule has 0 unspecified atom stereocenters. The second-order valence-corrected chi connectivity index (χ2v) is 8.17. The van der Waals surface area contributed by atoms with Gasteiger partial charge in [0, 0.05) is 24.2 Å². The van der Waals surface area contributed by atoms with Crippen LogP contribution in [0.25, 0.3) is 11.4 Å². The average Bonchev–Trinajstić information content (AvgIpc) is 3.39. The maximum Gasteiger partial charge on any atom is 0.227 e. The molecule has 0 atom stereocenters. The van der Waals surface area contributed by atoms with Crippen LogP contribution in [0.3, 0.4) is 0 Å². The molecular weight excluding hydrogens is 414 g/mol. The Balaban J connectivity index is 1.55. The zero-order valence-electron chi connectivity index (χ0n) is 16.3. The van der Waals surface area contributed by atoms with E-state index in [1.54, 1.807) is 38.1 Å². The first-order valence-electron chi connectivity index (χ1n) is 8.94. The van der Waals surface area contributed by atoms with Crippen LogP contribution in [0.15, 0.2) is 27.1 Å². The number of thioether (sulfide) groups is 1. The fraction of sp³-hybridized carbons (Fsp3) is 0.389. The van der Waals surface area contributed by atoms with E-state index in [1.165, 1.54) is 11.3 Å². The summed E-state index contributed by atoms with van der Waals surface area (Å²) in [7, 11) is 3.13. The molecule has 154 valence electrons. The molecule has 2 aromatic heterocycles. The van der Waals surface area contributed by atoms with Crippen molar-refractivity contribution in [3.63, 3.8) is 0 Å². The number of hydrogen-bond acceptors (Lipinski definition) is 10. The number of anilines is 1. The molecule has 0 spiro atoms. The van der Waals surface area contributed by atoms with Crippen LogP contribution < -0.4 is 14.8 Å². The molecule has 1 amide bonds. The Hall–Kier alpha value is -2.66. The van der Waals surface area contributed by atoms with Crippen molar-refractivity contribution in [1.29, 1.82) is 0 Å². The first-order valence-corrected chi connectivity index (χ1v) is 10.7.